The number of amides is 1. The van der Waals surface area contributed by atoms with Gasteiger partial charge >= 0.3 is 0 Å². The van der Waals surface area contributed by atoms with Crippen LogP contribution in [0.2, 0.25) is 0 Å². The van der Waals surface area contributed by atoms with E-state index in [0.717, 1.165) is 31.7 Å². The lowest BCUT2D eigenvalue weighted by Gasteiger charge is -2.39. The summed E-state index contributed by atoms with van der Waals surface area (Å²) < 4.78 is 5.34. The normalized spacial score (nSPS) is 19.8. The molecule has 192 valence electrons. The predicted molar refractivity (Wildman–Crippen MR) is 153 cm³/mol. The summed E-state index contributed by atoms with van der Waals surface area (Å²) in [6.07, 6.45) is 1.75. The molecule has 2 heterocycles. The summed E-state index contributed by atoms with van der Waals surface area (Å²) in [7, 11) is 1.65. The summed E-state index contributed by atoms with van der Waals surface area (Å²) in [5, 5.41) is 0. The van der Waals surface area contributed by atoms with Crippen molar-refractivity contribution in [3.05, 3.63) is 130 Å². The first-order chi connectivity index (χ1) is 18.5. The van der Waals surface area contributed by atoms with Crippen LogP contribution in [0.5, 0.6) is 5.75 Å². The zero-order valence-corrected chi connectivity index (χ0v) is 22.4. The van der Waals surface area contributed by atoms with Crippen molar-refractivity contribution >= 4 is 11.6 Å². The molecule has 0 radical (unpaired) electrons. The van der Waals surface area contributed by atoms with Crippen LogP contribution in [-0.2, 0) is 18.4 Å². The molecule has 0 N–H and O–H groups in total. The molecule has 2 atom stereocenters. The highest BCUT2D eigenvalue weighted by molar-refractivity contribution is 5.95. The topological polar surface area (TPSA) is 32.8 Å². The van der Waals surface area contributed by atoms with Gasteiger partial charge in [-0.15, -0.1) is 0 Å². The molecule has 0 saturated carbocycles. The van der Waals surface area contributed by atoms with E-state index in [4.69, 9.17) is 4.74 Å². The monoisotopic (exact) mass is 502 g/mol. The molecule has 38 heavy (non-hydrogen) atoms. The van der Waals surface area contributed by atoms with Crippen molar-refractivity contribution in [1.82, 2.24) is 4.90 Å². The van der Waals surface area contributed by atoms with Crippen LogP contribution < -0.4 is 9.64 Å². The molecule has 0 bridgehead atoms. The lowest BCUT2D eigenvalue weighted by Crippen LogP contribution is -2.52. The highest BCUT2D eigenvalue weighted by Crippen LogP contribution is 2.54. The van der Waals surface area contributed by atoms with Gasteiger partial charge in [-0.05, 0) is 84.8 Å². The molecule has 0 aliphatic carbocycles. The standard InChI is InChI=1S/C34H34N2O2/c1-24-10-4-6-12-27(24)22-34-20-21-35(32(37)26-16-18-29(38-3)19-17-26)33(34)36(31-15-9-8-14-30(31)34)23-28-13-7-5-11-25(28)2/h4-19,33H,20-23H2,1-3H3. The molecule has 2 aliphatic heterocycles. The number of rotatable bonds is 6. The minimum atomic E-state index is -0.187. The van der Waals surface area contributed by atoms with E-state index in [1.807, 2.05) is 24.3 Å². The number of methoxy groups -OCH3 is 1. The number of hydrogen-bond donors (Lipinski definition) is 0. The number of ether oxygens (including phenoxy) is 1. The maximum atomic E-state index is 14.1. The van der Waals surface area contributed by atoms with E-state index in [0.29, 0.717) is 5.56 Å². The Bertz CT molecular complexity index is 1480. The van der Waals surface area contributed by atoms with Crippen LogP contribution in [0.15, 0.2) is 97.1 Å². The van der Waals surface area contributed by atoms with E-state index in [1.54, 1.807) is 7.11 Å². The third kappa shape index (κ3) is 3.96. The van der Waals surface area contributed by atoms with Crippen LogP contribution in [0.1, 0.15) is 44.6 Å². The Morgan fingerprint density at radius 1 is 0.842 bits per heavy atom. The summed E-state index contributed by atoms with van der Waals surface area (Å²) in [5.74, 6) is 0.832. The fourth-order valence-electron chi connectivity index (χ4n) is 6.56. The summed E-state index contributed by atoms with van der Waals surface area (Å²) in [4.78, 5) is 18.7. The molecule has 4 aromatic carbocycles. The van der Waals surface area contributed by atoms with Gasteiger partial charge in [-0.25, -0.2) is 0 Å². The van der Waals surface area contributed by atoms with E-state index < -0.39 is 0 Å². The van der Waals surface area contributed by atoms with E-state index in [1.165, 1.54) is 33.5 Å². The molecular weight excluding hydrogens is 468 g/mol. The van der Waals surface area contributed by atoms with Crippen molar-refractivity contribution in [2.75, 3.05) is 18.6 Å². The quantitative estimate of drug-likeness (QED) is 0.295. The summed E-state index contributed by atoms with van der Waals surface area (Å²) in [6.45, 7) is 5.85. The van der Waals surface area contributed by atoms with Gasteiger partial charge in [-0.2, -0.15) is 0 Å². The van der Waals surface area contributed by atoms with Crippen molar-refractivity contribution in [2.24, 2.45) is 0 Å². The number of likely N-dealkylation sites (tertiary alicyclic amines) is 1. The SMILES string of the molecule is COc1ccc(C(=O)N2CCC3(Cc4ccccc4C)c4ccccc4N(Cc4ccccc4C)C23)cc1. The van der Waals surface area contributed by atoms with Gasteiger partial charge in [0.1, 0.15) is 11.9 Å². The Balaban J connectivity index is 1.48. The zero-order chi connectivity index (χ0) is 26.3. The number of fused-ring (bicyclic) bond motifs is 3. The smallest absolute Gasteiger partial charge is 0.255 e. The van der Waals surface area contributed by atoms with Gasteiger partial charge in [0, 0.05) is 29.8 Å². The number of carbonyl (C=O) groups excluding carboxylic acids is 1. The highest BCUT2D eigenvalue weighted by Gasteiger charge is 2.58. The average molecular weight is 503 g/mol. The van der Waals surface area contributed by atoms with Crippen LogP contribution in [0.3, 0.4) is 0 Å². The van der Waals surface area contributed by atoms with Gasteiger partial charge in [-0.1, -0.05) is 66.7 Å². The van der Waals surface area contributed by atoms with Crippen molar-refractivity contribution in [1.29, 1.82) is 0 Å². The van der Waals surface area contributed by atoms with Gasteiger partial charge in [0.2, 0.25) is 0 Å². The molecule has 2 unspecified atom stereocenters. The second-order valence-corrected chi connectivity index (χ2v) is 10.7. The van der Waals surface area contributed by atoms with Crippen molar-refractivity contribution in [3.63, 3.8) is 0 Å². The van der Waals surface area contributed by atoms with Gasteiger partial charge in [0.05, 0.1) is 7.11 Å². The minimum Gasteiger partial charge on any atom is -0.497 e. The lowest BCUT2D eigenvalue weighted by atomic mass is 9.73. The van der Waals surface area contributed by atoms with Crippen LogP contribution in [0, 0.1) is 13.8 Å². The van der Waals surface area contributed by atoms with Crippen LogP contribution in [0.4, 0.5) is 5.69 Å². The molecule has 1 amide bonds. The second kappa shape index (κ2) is 9.68. The first-order valence-corrected chi connectivity index (χ1v) is 13.4. The Morgan fingerprint density at radius 2 is 1.47 bits per heavy atom. The molecule has 2 aliphatic rings. The fraction of sp³-hybridized carbons (Fsp3) is 0.265. The van der Waals surface area contributed by atoms with E-state index in [2.05, 4.69) is 96.4 Å². The Hall–Kier alpha value is -4.05. The van der Waals surface area contributed by atoms with Crippen LogP contribution >= 0.6 is 0 Å². The molecule has 0 aromatic heterocycles. The molecule has 4 heteroatoms. The molecule has 1 fully saturated rings. The van der Waals surface area contributed by atoms with Gasteiger partial charge in [0.25, 0.3) is 5.91 Å². The van der Waals surface area contributed by atoms with E-state index in [-0.39, 0.29) is 17.5 Å². The third-order valence-electron chi connectivity index (χ3n) is 8.60. The Morgan fingerprint density at radius 3 is 2.16 bits per heavy atom. The molecule has 4 nitrogen and oxygen atoms in total. The number of anilines is 1. The molecule has 0 spiro atoms. The third-order valence-corrected chi connectivity index (χ3v) is 8.60. The fourth-order valence-corrected chi connectivity index (χ4v) is 6.56. The van der Waals surface area contributed by atoms with Crippen molar-refractivity contribution < 1.29 is 9.53 Å². The van der Waals surface area contributed by atoms with Gasteiger partial charge in [0.15, 0.2) is 0 Å². The highest BCUT2D eigenvalue weighted by atomic mass is 16.5. The van der Waals surface area contributed by atoms with Crippen LogP contribution in [0.25, 0.3) is 0 Å². The van der Waals surface area contributed by atoms with Gasteiger partial charge < -0.3 is 14.5 Å². The first-order valence-electron chi connectivity index (χ1n) is 13.4. The lowest BCUT2D eigenvalue weighted by molar-refractivity contribution is 0.0709. The largest absolute Gasteiger partial charge is 0.497 e. The summed E-state index contributed by atoms with van der Waals surface area (Å²) >= 11 is 0. The maximum absolute atomic E-state index is 14.1. The number of nitrogens with zero attached hydrogens (tertiary/aromatic N) is 2. The van der Waals surface area contributed by atoms with Gasteiger partial charge in [-0.3, -0.25) is 4.79 Å². The second-order valence-electron chi connectivity index (χ2n) is 10.7. The maximum Gasteiger partial charge on any atom is 0.255 e. The van der Waals surface area contributed by atoms with Crippen molar-refractivity contribution in [3.8, 4) is 5.75 Å². The number of carbonyl (C=O) groups is 1. The number of hydrogen-bond acceptors (Lipinski definition) is 3. The van der Waals surface area contributed by atoms with Crippen LogP contribution in [-0.4, -0.2) is 30.6 Å². The molecule has 4 aromatic rings. The number of para-hydroxylation sites is 1. The Kier molecular flexibility index (Phi) is 6.19. The molecular formula is C34H34N2O2. The predicted octanol–water partition coefficient (Wildman–Crippen LogP) is 6.68. The molecule has 6 rings (SSSR count). The van der Waals surface area contributed by atoms with E-state index in [9.17, 15) is 4.79 Å². The number of benzene rings is 4. The first kappa shape index (κ1) is 24.3. The average Bonchev–Trinajstić information content (AvgIpc) is 3.44. The Labute approximate surface area is 225 Å². The van der Waals surface area contributed by atoms with Crippen molar-refractivity contribution in [2.45, 2.75) is 44.8 Å². The summed E-state index contributed by atoms with van der Waals surface area (Å²) in [6, 6.07) is 33.6. The van der Waals surface area contributed by atoms with E-state index >= 15 is 0 Å². The zero-order valence-electron chi connectivity index (χ0n) is 22.4. The minimum absolute atomic E-state index is 0.0753. The molecule has 1 saturated heterocycles. The number of aryl methyl sites for hydroxylation is 2. The summed E-state index contributed by atoms with van der Waals surface area (Å²) in [5.41, 5.74) is 8.31.